The van der Waals surface area contributed by atoms with Crippen LogP contribution in [-0.2, 0) is 0 Å². The van der Waals surface area contributed by atoms with Crippen molar-refractivity contribution in [3.63, 3.8) is 0 Å². The number of fused-ring (bicyclic) bond motifs is 3. The summed E-state index contributed by atoms with van der Waals surface area (Å²) in [4.78, 5) is 25.1. The van der Waals surface area contributed by atoms with Crippen molar-refractivity contribution in [2.75, 3.05) is 0 Å². The van der Waals surface area contributed by atoms with Crippen molar-refractivity contribution in [1.82, 2.24) is 19.9 Å². The van der Waals surface area contributed by atoms with Gasteiger partial charge in [0.2, 0.25) is 0 Å². The highest BCUT2D eigenvalue weighted by molar-refractivity contribution is 6.01. The van der Waals surface area contributed by atoms with Crippen LogP contribution in [0.5, 0.6) is 0 Å². The van der Waals surface area contributed by atoms with Crippen LogP contribution >= 0.6 is 0 Å². The molecule has 0 saturated heterocycles. The van der Waals surface area contributed by atoms with E-state index < -0.39 is 0 Å². The quantitative estimate of drug-likeness (QED) is 0.545. The van der Waals surface area contributed by atoms with E-state index in [9.17, 15) is 4.79 Å². The largest absolute Gasteiger partial charge is 0.346 e. The minimum absolute atomic E-state index is 0.161. The molecule has 3 rings (SSSR count). The average Bonchev–Trinajstić information content (AvgIpc) is 2.66. The zero-order chi connectivity index (χ0) is 9.54. The summed E-state index contributed by atoms with van der Waals surface area (Å²) in [5, 5.41) is 1.38. The van der Waals surface area contributed by atoms with Gasteiger partial charge >= 0.3 is 0 Å². The minimum Gasteiger partial charge on any atom is -0.346 e. The zero-order valence-corrected chi connectivity index (χ0v) is 7.11. The molecule has 0 atom stereocenters. The first-order valence-electron chi connectivity index (χ1n) is 4.16. The summed E-state index contributed by atoms with van der Waals surface area (Å²) < 4.78 is 0. The van der Waals surface area contributed by atoms with E-state index >= 15 is 0 Å². The predicted molar refractivity (Wildman–Crippen MR) is 52.0 cm³/mol. The lowest BCUT2D eigenvalue weighted by Crippen LogP contribution is -2.06. The van der Waals surface area contributed by atoms with Crippen molar-refractivity contribution in [2.45, 2.75) is 0 Å². The van der Waals surface area contributed by atoms with Gasteiger partial charge in [0.1, 0.15) is 5.65 Å². The highest BCUT2D eigenvalue weighted by Gasteiger charge is 2.05. The Morgan fingerprint density at radius 2 is 2.07 bits per heavy atom. The molecule has 0 fully saturated rings. The second-order valence-corrected chi connectivity index (χ2v) is 2.99. The number of pyridine rings is 1. The van der Waals surface area contributed by atoms with Crippen LogP contribution in [-0.4, -0.2) is 19.9 Å². The summed E-state index contributed by atoms with van der Waals surface area (Å²) in [7, 11) is 0. The van der Waals surface area contributed by atoms with Crippen molar-refractivity contribution in [3.8, 4) is 0 Å². The van der Waals surface area contributed by atoms with Gasteiger partial charge in [0.25, 0.3) is 5.56 Å². The molecular weight excluding hydrogens is 180 g/mol. The molecule has 5 heteroatoms. The van der Waals surface area contributed by atoms with Crippen LogP contribution in [0.25, 0.3) is 21.9 Å². The molecular formula is C9H6N4O. The van der Waals surface area contributed by atoms with Crippen molar-refractivity contribution in [1.29, 1.82) is 0 Å². The van der Waals surface area contributed by atoms with Gasteiger partial charge in [0.15, 0.2) is 0 Å². The highest BCUT2D eigenvalue weighted by Crippen LogP contribution is 2.16. The molecule has 0 saturated carbocycles. The molecule has 0 amide bonds. The summed E-state index contributed by atoms with van der Waals surface area (Å²) in [5.41, 5.74) is 1.27. The van der Waals surface area contributed by atoms with Crippen LogP contribution in [0.2, 0.25) is 0 Å². The molecule has 68 valence electrons. The van der Waals surface area contributed by atoms with Crippen LogP contribution in [0, 0.1) is 0 Å². The summed E-state index contributed by atoms with van der Waals surface area (Å²) in [5.74, 6) is 0. The van der Waals surface area contributed by atoms with Gasteiger partial charge < -0.3 is 9.97 Å². The molecule has 0 radical (unpaired) electrons. The van der Waals surface area contributed by atoms with Gasteiger partial charge in [-0.1, -0.05) is 0 Å². The third-order valence-corrected chi connectivity index (χ3v) is 2.19. The molecule has 0 bridgehead atoms. The van der Waals surface area contributed by atoms with Crippen molar-refractivity contribution >= 4 is 21.9 Å². The first kappa shape index (κ1) is 7.25. The van der Waals surface area contributed by atoms with Crippen molar-refractivity contribution in [2.24, 2.45) is 0 Å². The molecule has 0 spiro atoms. The second-order valence-electron chi connectivity index (χ2n) is 2.99. The molecule has 2 N–H and O–H groups in total. The molecule has 0 aromatic carbocycles. The summed E-state index contributed by atoms with van der Waals surface area (Å²) >= 11 is 0. The van der Waals surface area contributed by atoms with Gasteiger partial charge in [-0.05, 0) is 6.07 Å². The monoisotopic (exact) mass is 186 g/mol. The Hall–Kier alpha value is -2.17. The number of nitrogens with one attached hydrogen (secondary N) is 2. The van der Waals surface area contributed by atoms with Crippen LogP contribution in [0.1, 0.15) is 0 Å². The van der Waals surface area contributed by atoms with E-state index in [-0.39, 0.29) is 5.56 Å². The van der Waals surface area contributed by atoms with Gasteiger partial charge in [-0.25, -0.2) is 9.97 Å². The minimum atomic E-state index is -0.161. The first-order chi connectivity index (χ1) is 6.86. The second kappa shape index (κ2) is 2.41. The van der Waals surface area contributed by atoms with Crippen LogP contribution in [0.15, 0.2) is 29.6 Å². The van der Waals surface area contributed by atoms with E-state index in [4.69, 9.17) is 0 Å². The molecule has 5 nitrogen and oxygen atoms in total. The molecule has 3 aromatic rings. The lowest BCUT2D eigenvalue weighted by Gasteiger charge is -1.95. The normalized spacial score (nSPS) is 11.1. The zero-order valence-electron chi connectivity index (χ0n) is 7.11. The number of hydrogen-bond donors (Lipinski definition) is 2. The SMILES string of the molecule is O=c1[nH]cnc2c1cnc1[nH]ccc12. The van der Waals surface area contributed by atoms with Crippen molar-refractivity contribution in [3.05, 3.63) is 35.1 Å². The predicted octanol–water partition coefficient (Wildman–Crippen LogP) is 0.799. The molecule has 3 aromatic heterocycles. The molecule has 14 heavy (non-hydrogen) atoms. The Morgan fingerprint density at radius 3 is 3.00 bits per heavy atom. The van der Waals surface area contributed by atoms with Crippen LogP contribution < -0.4 is 5.56 Å². The smallest absolute Gasteiger partial charge is 0.260 e. The van der Waals surface area contributed by atoms with E-state index in [0.717, 1.165) is 11.0 Å². The first-order valence-corrected chi connectivity index (χ1v) is 4.16. The van der Waals surface area contributed by atoms with Crippen molar-refractivity contribution < 1.29 is 0 Å². The van der Waals surface area contributed by atoms with E-state index in [0.29, 0.717) is 10.9 Å². The van der Waals surface area contributed by atoms with Crippen LogP contribution in [0.3, 0.4) is 0 Å². The van der Waals surface area contributed by atoms with Gasteiger partial charge in [-0.3, -0.25) is 4.79 Å². The third-order valence-electron chi connectivity index (χ3n) is 2.19. The molecule has 0 unspecified atom stereocenters. The van der Waals surface area contributed by atoms with Gasteiger partial charge in [0, 0.05) is 17.8 Å². The highest BCUT2D eigenvalue weighted by atomic mass is 16.1. The topological polar surface area (TPSA) is 74.4 Å². The average molecular weight is 186 g/mol. The van der Waals surface area contributed by atoms with E-state index in [1.54, 1.807) is 6.20 Å². The molecule has 0 aliphatic rings. The van der Waals surface area contributed by atoms with E-state index in [1.807, 2.05) is 6.07 Å². The Balaban J connectivity index is 2.71. The van der Waals surface area contributed by atoms with E-state index in [2.05, 4.69) is 19.9 Å². The Labute approximate surface area is 77.8 Å². The molecule has 0 aliphatic carbocycles. The summed E-state index contributed by atoms with van der Waals surface area (Å²) in [6.45, 7) is 0. The Morgan fingerprint density at radius 1 is 1.14 bits per heavy atom. The van der Waals surface area contributed by atoms with Gasteiger partial charge in [-0.15, -0.1) is 0 Å². The maximum atomic E-state index is 11.4. The number of H-pyrrole nitrogens is 2. The van der Waals surface area contributed by atoms with Gasteiger partial charge in [-0.2, -0.15) is 0 Å². The summed E-state index contributed by atoms with van der Waals surface area (Å²) in [6.07, 6.45) is 4.71. The molecule has 3 heterocycles. The lowest BCUT2D eigenvalue weighted by atomic mass is 10.2. The third kappa shape index (κ3) is 0.806. The van der Waals surface area contributed by atoms with E-state index in [1.165, 1.54) is 12.5 Å². The lowest BCUT2D eigenvalue weighted by molar-refractivity contribution is 1.17. The number of aromatic amines is 2. The number of nitrogens with zero attached hydrogens (tertiary/aromatic N) is 2. The Kier molecular flexibility index (Phi) is 1.25. The van der Waals surface area contributed by atoms with Gasteiger partial charge in [0.05, 0.1) is 17.2 Å². The summed E-state index contributed by atoms with van der Waals surface area (Å²) in [6, 6.07) is 1.86. The fourth-order valence-electron chi connectivity index (χ4n) is 1.53. The Bertz CT molecular complexity index is 667. The number of aromatic nitrogens is 4. The number of hydrogen-bond acceptors (Lipinski definition) is 3. The molecule has 0 aliphatic heterocycles. The van der Waals surface area contributed by atoms with Crippen LogP contribution in [0.4, 0.5) is 0 Å². The maximum Gasteiger partial charge on any atom is 0.260 e. The standard InChI is InChI=1S/C9H6N4O/c14-9-6-3-11-8-5(1-2-10-8)7(6)12-4-13-9/h1-4H,(H,10,11)(H,12,13,14). The fraction of sp³-hybridized carbons (Fsp3) is 0. The number of rotatable bonds is 0. The maximum absolute atomic E-state index is 11.4. The fourth-order valence-corrected chi connectivity index (χ4v) is 1.53.